The van der Waals surface area contributed by atoms with Gasteiger partial charge < -0.3 is 20.8 Å². The summed E-state index contributed by atoms with van der Waals surface area (Å²) < 4.78 is 0. The Balaban J connectivity index is 1.16. The SMILES string of the molecule is Cc1cc(CC(C)c2ccc(O)cc2)ccc1NC(=O)c1ccc(C(=O)Nc2ccc(CC(C)c3ccc(O)cc3)cc2C)cc1. The normalized spacial score (nSPS) is 12.3. The summed E-state index contributed by atoms with van der Waals surface area (Å²) in [5, 5.41) is 25.1. The summed E-state index contributed by atoms with van der Waals surface area (Å²) >= 11 is 0. The number of anilines is 2. The van der Waals surface area contributed by atoms with E-state index < -0.39 is 0 Å². The van der Waals surface area contributed by atoms with Crippen LogP contribution in [0.5, 0.6) is 11.5 Å². The zero-order valence-corrected chi connectivity index (χ0v) is 26.7. The van der Waals surface area contributed by atoms with Gasteiger partial charge in [0.15, 0.2) is 0 Å². The van der Waals surface area contributed by atoms with Gasteiger partial charge in [0.2, 0.25) is 0 Å². The van der Waals surface area contributed by atoms with E-state index in [2.05, 4.69) is 36.6 Å². The van der Waals surface area contributed by atoms with Crippen LogP contribution in [0.4, 0.5) is 11.4 Å². The number of phenols is 2. The van der Waals surface area contributed by atoms with Gasteiger partial charge in [-0.1, -0.05) is 62.4 Å². The highest BCUT2D eigenvalue weighted by molar-refractivity contribution is 6.07. The highest BCUT2D eigenvalue weighted by atomic mass is 16.3. The van der Waals surface area contributed by atoms with Gasteiger partial charge in [0.1, 0.15) is 11.5 Å². The van der Waals surface area contributed by atoms with Crippen molar-refractivity contribution in [1.82, 2.24) is 0 Å². The van der Waals surface area contributed by atoms with Gasteiger partial charge in [0.25, 0.3) is 11.8 Å². The van der Waals surface area contributed by atoms with Crippen molar-refractivity contribution >= 4 is 23.2 Å². The molecule has 6 heteroatoms. The number of carbonyl (C=O) groups is 2. The fourth-order valence-electron chi connectivity index (χ4n) is 5.70. The lowest BCUT2D eigenvalue weighted by Gasteiger charge is -2.15. The molecule has 0 aliphatic rings. The lowest BCUT2D eigenvalue weighted by Crippen LogP contribution is -2.15. The summed E-state index contributed by atoms with van der Waals surface area (Å²) in [6, 6.07) is 33.3. The molecule has 5 aromatic rings. The molecule has 5 rings (SSSR count). The third-order valence-corrected chi connectivity index (χ3v) is 8.50. The van der Waals surface area contributed by atoms with Crippen molar-refractivity contribution < 1.29 is 19.8 Å². The van der Waals surface area contributed by atoms with Gasteiger partial charge in [0.05, 0.1) is 0 Å². The van der Waals surface area contributed by atoms with E-state index in [0.717, 1.165) is 46.5 Å². The first-order chi connectivity index (χ1) is 22.0. The first-order valence-corrected chi connectivity index (χ1v) is 15.6. The van der Waals surface area contributed by atoms with Crippen LogP contribution < -0.4 is 10.6 Å². The predicted molar refractivity (Wildman–Crippen MR) is 185 cm³/mol. The summed E-state index contributed by atoms with van der Waals surface area (Å²) in [5.41, 5.74) is 8.99. The number of aromatic hydroxyl groups is 2. The first kappa shape index (κ1) is 32.0. The van der Waals surface area contributed by atoms with E-state index in [4.69, 9.17) is 0 Å². The van der Waals surface area contributed by atoms with Gasteiger partial charge in [-0.25, -0.2) is 0 Å². The van der Waals surface area contributed by atoms with Crippen LogP contribution in [0, 0.1) is 13.8 Å². The number of amides is 2. The van der Waals surface area contributed by atoms with Crippen molar-refractivity contribution in [3.8, 4) is 11.5 Å². The van der Waals surface area contributed by atoms with E-state index in [1.54, 1.807) is 48.5 Å². The Kier molecular flexibility index (Phi) is 9.87. The second-order valence-electron chi connectivity index (χ2n) is 12.2. The zero-order chi connectivity index (χ0) is 32.8. The summed E-state index contributed by atoms with van der Waals surface area (Å²) in [6.45, 7) is 8.26. The van der Waals surface area contributed by atoms with E-state index >= 15 is 0 Å². The molecular formula is C40H40N2O4. The average molecular weight is 613 g/mol. The van der Waals surface area contributed by atoms with Crippen molar-refractivity contribution in [2.24, 2.45) is 0 Å². The Morgan fingerprint density at radius 3 is 1.22 bits per heavy atom. The smallest absolute Gasteiger partial charge is 0.255 e. The molecule has 2 unspecified atom stereocenters. The molecule has 4 N–H and O–H groups in total. The minimum Gasteiger partial charge on any atom is -0.508 e. The van der Waals surface area contributed by atoms with Gasteiger partial charge in [-0.05, 0) is 133 Å². The molecular weight excluding hydrogens is 572 g/mol. The standard InChI is InChI=1S/C40H40N2O4/c1-25(31-11-15-35(43)16-12-31)21-29-5-19-37(27(3)23-29)41-39(45)33-7-9-34(10-8-33)40(46)42-38-20-6-30(24-28(38)4)22-26(2)32-13-17-36(44)18-14-32/h5-20,23-26,43-44H,21-22H2,1-4H3,(H,41,45)(H,42,46). The maximum atomic E-state index is 13.0. The topological polar surface area (TPSA) is 98.7 Å². The van der Waals surface area contributed by atoms with E-state index in [1.165, 1.54) is 11.1 Å². The monoisotopic (exact) mass is 612 g/mol. The fourth-order valence-corrected chi connectivity index (χ4v) is 5.70. The molecule has 2 atom stereocenters. The Hall–Kier alpha value is -5.36. The number of carbonyl (C=O) groups excluding carboxylic acids is 2. The largest absolute Gasteiger partial charge is 0.508 e. The van der Waals surface area contributed by atoms with Gasteiger partial charge >= 0.3 is 0 Å². The first-order valence-electron chi connectivity index (χ1n) is 15.6. The fraction of sp³-hybridized carbons (Fsp3) is 0.200. The van der Waals surface area contributed by atoms with Gasteiger partial charge in [0, 0.05) is 22.5 Å². The molecule has 234 valence electrons. The summed E-state index contributed by atoms with van der Waals surface area (Å²) in [6.07, 6.45) is 1.68. The molecule has 0 saturated carbocycles. The second kappa shape index (κ2) is 14.2. The van der Waals surface area contributed by atoms with Crippen LogP contribution in [0.25, 0.3) is 0 Å². The highest BCUT2D eigenvalue weighted by Gasteiger charge is 2.14. The maximum Gasteiger partial charge on any atom is 0.255 e. The van der Waals surface area contributed by atoms with E-state index in [9.17, 15) is 19.8 Å². The van der Waals surface area contributed by atoms with Crippen LogP contribution >= 0.6 is 0 Å². The Morgan fingerprint density at radius 1 is 0.543 bits per heavy atom. The average Bonchev–Trinajstić information content (AvgIpc) is 3.04. The van der Waals surface area contributed by atoms with Crippen LogP contribution in [0.1, 0.15) is 79.8 Å². The van der Waals surface area contributed by atoms with Gasteiger partial charge in [-0.15, -0.1) is 0 Å². The number of aryl methyl sites for hydroxylation is 2. The Morgan fingerprint density at radius 2 is 0.891 bits per heavy atom. The Labute approximate surface area is 270 Å². The van der Waals surface area contributed by atoms with E-state index in [-0.39, 0.29) is 35.1 Å². The molecule has 0 radical (unpaired) electrons. The quantitative estimate of drug-likeness (QED) is 0.127. The summed E-state index contributed by atoms with van der Waals surface area (Å²) in [5.74, 6) is 0.601. The molecule has 0 bridgehead atoms. The number of hydrogen-bond donors (Lipinski definition) is 4. The number of hydrogen-bond acceptors (Lipinski definition) is 4. The van der Waals surface area contributed by atoms with Crippen LogP contribution in [0.3, 0.4) is 0 Å². The van der Waals surface area contributed by atoms with Crippen LogP contribution in [0.2, 0.25) is 0 Å². The van der Waals surface area contributed by atoms with Crippen molar-refractivity contribution in [2.75, 3.05) is 10.6 Å². The molecule has 6 nitrogen and oxygen atoms in total. The molecule has 0 spiro atoms. The molecule has 0 aliphatic heterocycles. The van der Waals surface area contributed by atoms with Crippen molar-refractivity contribution in [2.45, 2.75) is 52.4 Å². The number of nitrogens with one attached hydrogen (secondary N) is 2. The van der Waals surface area contributed by atoms with Gasteiger partial charge in [-0.2, -0.15) is 0 Å². The second-order valence-corrected chi connectivity index (χ2v) is 12.2. The van der Waals surface area contributed by atoms with E-state index in [0.29, 0.717) is 11.1 Å². The number of rotatable bonds is 10. The molecule has 0 aliphatic carbocycles. The van der Waals surface area contributed by atoms with Crippen molar-refractivity contribution in [3.05, 3.63) is 154 Å². The third-order valence-electron chi connectivity index (χ3n) is 8.50. The molecule has 2 amide bonds. The predicted octanol–water partition coefficient (Wildman–Crippen LogP) is 8.91. The van der Waals surface area contributed by atoms with Gasteiger partial charge in [-0.3, -0.25) is 9.59 Å². The molecule has 46 heavy (non-hydrogen) atoms. The van der Waals surface area contributed by atoms with Crippen molar-refractivity contribution in [1.29, 1.82) is 0 Å². The Bertz CT molecular complexity index is 1690. The number of benzene rings is 5. The lowest BCUT2D eigenvalue weighted by molar-refractivity contribution is 0.101. The molecule has 0 saturated heterocycles. The lowest BCUT2D eigenvalue weighted by atomic mass is 9.93. The minimum absolute atomic E-state index is 0.242. The van der Waals surface area contributed by atoms with Crippen LogP contribution in [0.15, 0.2) is 109 Å². The van der Waals surface area contributed by atoms with Crippen LogP contribution in [-0.2, 0) is 12.8 Å². The summed E-state index contributed by atoms with van der Waals surface area (Å²) in [7, 11) is 0. The number of phenolic OH excluding ortho intramolecular Hbond substituents is 2. The minimum atomic E-state index is -0.242. The highest BCUT2D eigenvalue weighted by Crippen LogP contribution is 2.27. The van der Waals surface area contributed by atoms with Crippen LogP contribution in [-0.4, -0.2) is 22.0 Å². The van der Waals surface area contributed by atoms with Crippen molar-refractivity contribution in [3.63, 3.8) is 0 Å². The molecule has 0 heterocycles. The molecule has 0 fully saturated rings. The molecule has 5 aromatic carbocycles. The maximum absolute atomic E-state index is 13.0. The zero-order valence-electron chi connectivity index (χ0n) is 26.7. The van der Waals surface area contributed by atoms with E-state index in [1.807, 2.05) is 62.4 Å². The molecule has 0 aromatic heterocycles. The third kappa shape index (κ3) is 8.02. The summed E-state index contributed by atoms with van der Waals surface area (Å²) in [4.78, 5) is 26.1.